The normalized spacial score (nSPS) is 15.3. The van der Waals surface area contributed by atoms with E-state index < -0.39 is 30.2 Å². The van der Waals surface area contributed by atoms with Crippen molar-refractivity contribution in [2.24, 2.45) is 0 Å². The third-order valence-electron chi connectivity index (χ3n) is 3.08. The molecule has 0 atom stereocenters. The molecule has 0 radical (unpaired) electrons. The van der Waals surface area contributed by atoms with Gasteiger partial charge in [0.25, 0.3) is 11.8 Å². The number of benzene rings is 1. The van der Waals surface area contributed by atoms with Crippen molar-refractivity contribution in [3.8, 4) is 0 Å². The molecule has 1 aromatic rings. The number of aliphatic hydroxyl groups excluding tert-OH is 1. The Labute approximate surface area is 124 Å². The maximum atomic E-state index is 13.0. The lowest BCUT2D eigenvalue weighted by Crippen LogP contribution is -2.34. The number of carbonyl (C=O) groups is 2. The maximum absolute atomic E-state index is 13.0. The van der Waals surface area contributed by atoms with Gasteiger partial charge in [0.1, 0.15) is 5.70 Å². The standard InChI is InChI=1S/C14H13F3N2O3/c1-8-2-3-9(14(15,16)17)10(6-8)18-11-7-12(21)19(4-5-20)13(11)22/h2-3,6-7,18,20H,4-5H2,1H3. The molecule has 8 heteroatoms. The number of anilines is 1. The summed E-state index contributed by atoms with van der Waals surface area (Å²) in [5.74, 6) is -1.45. The van der Waals surface area contributed by atoms with Gasteiger partial charge in [-0.25, -0.2) is 0 Å². The van der Waals surface area contributed by atoms with Crippen LogP contribution in [0.15, 0.2) is 30.0 Å². The van der Waals surface area contributed by atoms with Gasteiger partial charge in [-0.2, -0.15) is 13.2 Å². The molecule has 118 valence electrons. The molecule has 0 bridgehead atoms. The number of hydrogen-bond donors (Lipinski definition) is 2. The number of nitrogens with one attached hydrogen (secondary N) is 1. The monoisotopic (exact) mass is 314 g/mol. The van der Waals surface area contributed by atoms with Crippen LogP contribution in [0.2, 0.25) is 0 Å². The number of hydrogen-bond acceptors (Lipinski definition) is 4. The van der Waals surface area contributed by atoms with Gasteiger partial charge in [-0.05, 0) is 24.6 Å². The lowest BCUT2D eigenvalue weighted by molar-refractivity contribution is -0.138. The molecule has 0 fully saturated rings. The van der Waals surface area contributed by atoms with Gasteiger partial charge in [0.15, 0.2) is 0 Å². The minimum atomic E-state index is -4.59. The zero-order valence-corrected chi connectivity index (χ0v) is 11.6. The lowest BCUT2D eigenvalue weighted by Gasteiger charge is -2.17. The second-order valence-electron chi connectivity index (χ2n) is 4.75. The molecule has 2 amide bonds. The van der Waals surface area contributed by atoms with Crippen molar-refractivity contribution < 1.29 is 27.9 Å². The highest BCUT2D eigenvalue weighted by atomic mass is 19.4. The van der Waals surface area contributed by atoms with E-state index in [9.17, 15) is 22.8 Å². The summed E-state index contributed by atoms with van der Waals surface area (Å²) in [5.41, 5.74) is -0.916. The van der Waals surface area contributed by atoms with Crippen molar-refractivity contribution in [2.75, 3.05) is 18.5 Å². The minimum absolute atomic E-state index is 0.209. The smallest absolute Gasteiger partial charge is 0.395 e. The fourth-order valence-corrected chi connectivity index (χ4v) is 2.06. The van der Waals surface area contributed by atoms with Crippen LogP contribution in [0.5, 0.6) is 0 Å². The molecule has 1 aliphatic heterocycles. The topological polar surface area (TPSA) is 69.6 Å². The van der Waals surface area contributed by atoms with Crippen molar-refractivity contribution in [3.05, 3.63) is 41.1 Å². The molecule has 0 aliphatic carbocycles. The molecule has 5 nitrogen and oxygen atoms in total. The van der Waals surface area contributed by atoms with Crippen molar-refractivity contribution in [2.45, 2.75) is 13.1 Å². The highest BCUT2D eigenvalue weighted by molar-refractivity contribution is 6.17. The van der Waals surface area contributed by atoms with E-state index in [4.69, 9.17) is 5.11 Å². The fourth-order valence-electron chi connectivity index (χ4n) is 2.06. The molecule has 1 heterocycles. The molecule has 1 aromatic carbocycles. The first kappa shape index (κ1) is 16.0. The van der Waals surface area contributed by atoms with Crippen molar-refractivity contribution in [3.63, 3.8) is 0 Å². The number of halogens is 3. The Hall–Kier alpha value is -2.35. The molecular formula is C14H13F3N2O3. The molecule has 0 aromatic heterocycles. The van der Waals surface area contributed by atoms with E-state index in [1.807, 2.05) is 0 Å². The Bertz CT molecular complexity index is 653. The number of alkyl halides is 3. The van der Waals surface area contributed by atoms with Crippen LogP contribution < -0.4 is 5.32 Å². The van der Waals surface area contributed by atoms with E-state index in [1.54, 1.807) is 6.92 Å². The minimum Gasteiger partial charge on any atom is -0.395 e. The summed E-state index contributed by atoms with van der Waals surface area (Å²) in [7, 11) is 0. The van der Waals surface area contributed by atoms with Gasteiger partial charge < -0.3 is 10.4 Å². The van der Waals surface area contributed by atoms with Crippen LogP contribution in [0, 0.1) is 6.92 Å². The number of aliphatic hydroxyl groups is 1. The average Bonchev–Trinajstić information content (AvgIpc) is 2.65. The van der Waals surface area contributed by atoms with E-state index in [0.29, 0.717) is 5.56 Å². The number of nitrogens with zero attached hydrogens (tertiary/aromatic N) is 1. The third-order valence-corrected chi connectivity index (χ3v) is 3.08. The molecule has 2 N–H and O–H groups in total. The predicted molar refractivity (Wildman–Crippen MR) is 71.7 cm³/mol. The molecule has 22 heavy (non-hydrogen) atoms. The van der Waals surface area contributed by atoms with Crippen LogP contribution in [0.4, 0.5) is 18.9 Å². The zero-order chi connectivity index (χ0) is 16.5. The van der Waals surface area contributed by atoms with Gasteiger partial charge in [0, 0.05) is 6.08 Å². The molecule has 2 rings (SSSR count). The van der Waals surface area contributed by atoms with Crippen LogP contribution in [-0.2, 0) is 15.8 Å². The lowest BCUT2D eigenvalue weighted by atomic mass is 10.1. The van der Waals surface area contributed by atoms with Gasteiger partial charge >= 0.3 is 6.18 Å². The maximum Gasteiger partial charge on any atom is 0.418 e. The first-order valence-electron chi connectivity index (χ1n) is 6.37. The van der Waals surface area contributed by atoms with Crippen LogP contribution >= 0.6 is 0 Å². The fraction of sp³-hybridized carbons (Fsp3) is 0.286. The summed E-state index contributed by atoms with van der Waals surface area (Å²) in [4.78, 5) is 24.3. The SMILES string of the molecule is Cc1ccc(C(F)(F)F)c(NC2=CC(=O)N(CCO)C2=O)c1. The Morgan fingerprint density at radius 2 is 1.95 bits per heavy atom. The zero-order valence-electron chi connectivity index (χ0n) is 11.6. The van der Waals surface area contributed by atoms with Crippen molar-refractivity contribution in [1.82, 2.24) is 4.90 Å². The van der Waals surface area contributed by atoms with Crippen LogP contribution in [0.3, 0.4) is 0 Å². The molecule has 0 unspecified atom stereocenters. The van der Waals surface area contributed by atoms with Gasteiger partial charge in [0.05, 0.1) is 24.4 Å². The molecule has 0 saturated carbocycles. The Morgan fingerprint density at radius 3 is 2.55 bits per heavy atom. The second kappa shape index (κ2) is 5.80. The van der Waals surface area contributed by atoms with E-state index in [-0.39, 0.29) is 17.9 Å². The number of rotatable bonds is 4. The molecule has 0 saturated heterocycles. The summed E-state index contributed by atoms with van der Waals surface area (Å²) in [6.07, 6.45) is -3.67. The van der Waals surface area contributed by atoms with Crippen molar-refractivity contribution >= 4 is 17.5 Å². The first-order chi connectivity index (χ1) is 10.2. The quantitative estimate of drug-likeness (QED) is 0.830. The molecule has 0 spiro atoms. The largest absolute Gasteiger partial charge is 0.418 e. The summed E-state index contributed by atoms with van der Waals surface area (Å²) in [5, 5.41) is 11.2. The summed E-state index contributed by atoms with van der Waals surface area (Å²) >= 11 is 0. The Balaban J connectivity index is 2.32. The molecule has 1 aliphatic rings. The number of β-amino-alcohol motifs (C(OH)–C–C–N with tert-alkyl or cyclic N) is 1. The van der Waals surface area contributed by atoms with E-state index >= 15 is 0 Å². The number of carbonyl (C=O) groups excluding carboxylic acids is 2. The highest BCUT2D eigenvalue weighted by Gasteiger charge is 2.36. The van der Waals surface area contributed by atoms with Crippen molar-refractivity contribution in [1.29, 1.82) is 0 Å². The van der Waals surface area contributed by atoms with Gasteiger partial charge in [-0.1, -0.05) is 6.07 Å². The second-order valence-corrected chi connectivity index (χ2v) is 4.75. The predicted octanol–water partition coefficient (Wildman–Crippen LogP) is 1.67. The third kappa shape index (κ3) is 3.11. The van der Waals surface area contributed by atoms with Gasteiger partial charge in [0.2, 0.25) is 0 Å². The van der Waals surface area contributed by atoms with E-state index in [2.05, 4.69) is 5.32 Å². The Morgan fingerprint density at radius 1 is 1.27 bits per heavy atom. The number of aryl methyl sites for hydroxylation is 1. The number of amides is 2. The van der Waals surface area contributed by atoms with Gasteiger partial charge in [-0.3, -0.25) is 14.5 Å². The van der Waals surface area contributed by atoms with Gasteiger partial charge in [-0.15, -0.1) is 0 Å². The highest BCUT2D eigenvalue weighted by Crippen LogP contribution is 2.36. The number of imide groups is 1. The molecular weight excluding hydrogens is 301 g/mol. The summed E-state index contributed by atoms with van der Waals surface area (Å²) in [6, 6.07) is 3.46. The summed E-state index contributed by atoms with van der Waals surface area (Å²) < 4.78 is 38.9. The average molecular weight is 314 g/mol. The summed E-state index contributed by atoms with van der Waals surface area (Å²) in [6.45, 7) is 0.982. The van der Waals surface area contributed by atoms with Crippen LogP contribution in [-0.4, -0.2) is 35.0 Å². The first-order valence-corrected chi connectivity index (χ1v) is 6.37. The van der Waals surface area contributed by atoms with Crippen LogP contribution in [0.25, 0.3) is 0 Å². The van der Waals surface area contributed by atoms with E-state index in [0.717, 1.165) is 17.0 Å². The Kier molecular flexibility index (Phi) is 4.23. The van der Waals surface area contributed by atoms with E-state index in [1.165, 1.54) is 12.1 Å². The van der Waals surface area contributed by atoms with Crippen LogP contribution in [0.1, 0.15) is 11.1 Å².